The molecule has 0 aromatic heterocycles. The van der Waals surface area contributed by atoms with Crippen LogP contribution in [0.2, 0.25) is 0 Å². The number of halogens is 1. The quantitative estimate of drug-likeness (QED) is 0.0190. The van der Waals surface area contributed by atoms with E-state index in [0.717, 1.165) is 0 Å². The van der Waals surface area contributed by atoms with E-state index in [9.17, 15) is 43.2 Å². The van der Waals surface area contributed by atoms with Gasteiger partial charge in [0.05, 0.1) is 19.6 Å². The first kappa shape index (κ1) is 39.2. The Labute approximate surface area is 255 Å². The zero-order chi connectivity index (χ0) is 32.8. The number of aliphatic carboxylic acids is 2. The van der Waals surface area contributed by atoms with Gasteiger partial charge < -0.3 is 20.8 Å². The number of Topliss-reactive ketones (excluding diaryl/α,β-unsaturated/α-hetero) is 2. The Morgan fingerprint density at radius 1 is 0.581 bits per heavy atom. The van der Waals surface area contributed by atoms with Crippen molar-refractivity contribution in [1.29, 1.82) is 0 Å². The second kappa shape index (κ2) is 22.8. The number of carboxylic acids is 2. The predicted molar refractivity (Wildman–Crippen MR) is 139 cm³/mol. The van der Waals surface area contributed by atoms with E-state index in [1.807, 2.05) is 0 Å². The van der Waals surface area contributed by atoms with Crippen molar-refractivity contribution in [1.82, 2.24) is 37.3 Å². The van der Waals surface area contributed by atoms with E-state index in [0.29, 0.717) is 0 Å². The standard InChI is InChI=1S/C22H36IN8O12/c24-31-15(2-4-20(39)40)22(42)30-10-17(35)27-8-13(33)7-25-14(1-3-19(37)38)21(41)29-11-18(36)28-9-16(34)26-6-12(32)5-23-43/h14-15,25,31,43H,1-11,24H2,(H,26,34)(H,27,35)(H,28,36)(H,29,41)(H,30,42)(H,37,38)(H,39,40)/q-1/t14-,15-/m0/s1. The third kappa shape index (κ3) is 20.7. The number of carbonyl (C=O) groups is 9. The SMILES string of the molecule is NN[C@@H](CCC(=O)O)C(=O)NCC(=O)NCC(=O)CN[C@@H](CCC(=O)O)C(=O)NCC(=O)NCC(=O)NCC(=O)C[I-]O. The molecular weight excluding hydrogens is 695 g/mol. The number of hydrogen-bond donors (Lipinski definition) is 11. The summed E-state index contributed by atoms with van der Waals surface area (Å²) in [6.45, 7) is -2.90. The van der Waals surface area contributed by atoms with Crippen LogP contribution in [0.5, 0.6) is 0 Å². The van der Waals surface area contributed by atoms with Gasteiger partial charge in [0.15, 0.2) is 5.78 Å². The minimum absolute atomic E-state index is 0.0264. The fourth-order valence-corrected chi connectivity index (χ4v) is 3.56. The Kier molecular flexibility index (Phi) is 20.7. The summed E-state index contributed by atoms with van der Waals surface area (Å²) in [5.74, 6) is -1.89. The summed E-state index contributed by atoms with van der Waals surface area (Å²) < 4.78 is 8.73. The summed E-state index contributed by atoms with van der Waals surface area (Å²) in [4.78, 5) is 105. The number of carboxylic acid groups (broad SMARTS) is 2. The number of hydrazine groups is 1. The predicted octanol–water partition coefficient (Wildman–Crippen LogP) is -9.78. The van der Waals surface area contributed by atoms with Gasteiger partial charge in [0.1, 0.15) is 6.04 Å². The molecule has 0 saturated heterocycles. The third-order valence-electron chi connectivity index (χ3n) is 5.14. The first-order chi connectivity index (χ1) is 20.3. The van der Waals surface area contributed by atoms with Gasteiger partial charge in [-0.05, 0) is 12.8 Å². The summed E-state index contributed by atoms with van der Waals surface area (Å²) in [7, 11) is 0. The molecule has 0 aromatic carbocycles. The maximum atomic E-state index is 12.5. The van der Waals surface area contributed by atoms with Gasteiger partial charge in [0.2, 0.25) is 11.8 Å². The first-order valence-electron chi connectivity index (χ1n) is 12.5. The molecule has 0 unspecified atom stereocenters. The van der Waals surface area contributed by atoms with E-state index in [1.165, 1.54) is 0 Å². The second-order valence-electron chi connectivity index (χ2n) is 8.61. The van der Waals surface area contributed by atoms with E-state index >= 15 is 0 Å². The van der Waals surface area contributed by atoms with Crippen LogP contribution in [0, 0.1) is 0 Å². The monoisotopic (exact) mass is 731 g/mol. The molecule has 244 valence electrons. The van der Waals surface area contributed by atoms with Crippen LogP contribution < -0.4 is 64.8 Å². The zero-order valence-electron chi connectivity index (χ0n) is 22.9. The van der Waals surface area contributed by atoms with Crippen LogP contribution in [0.25, 0.3) is 0 Å². The van der Waals surface area contributed by atoms with Gasteiger partial charge in [-0.15, -0.1) is 0 Å². The van der Waals surface area contributed by atoms with Crippen LogP contribution in [0.3, 0.4) is 0 Å². The molecule has 5 amide bonds. The van der Waals surface area contributed by atoms with E-state index < -0.39 is 120 Å². The topological polar surface area (TPSA) is 325 Å². The van der Waals surface area contributed by atoms with Crippen LogP contribution in [0.15, 0.2) is 0 Å². The van der Waals surface area contributed by atoms with Gasteiger partial charge in [0, 0.05) is 12.8 Å². The molecule has 0 aliphatic carbocycles. The summed E-state index contributed by atoms with van der Waals surface area (Å²) in [5, 5.41) is 31.3. The second-order valence-corrected chi connectivity index (χ2v) is 10.1. The van der Waals surface area contributed by atoms with Crippen LogP contribution in [0.1, 0.15) is 25.7 Å². The van der Waals surface area contributed by atoms with Gasteiger partial charge in [-0.3, -0.25) is 35.1 Å². The number of carbonyl (C=O) groups excluding carboxylic acids is 7. The molecule has 0 radical (unpaired) electrons. The number of ketones is 2. The Bertz CT molecular complexity index is 1030. The number of nitrogens with one attached hydrogen (secondary N) is 7. The summed E-state index contributed by atoms with van der Waals surface area (Å²) >= 11 is -1.24. The van der Waals surface area contributed by atoms with Gasteiger partial charge in [-0.2, -0.15) is 0 Å². The molecule has 0 fully saturated rings. The molecule has 0 heterocycles. The molecule has 12 N–H and O–H groups in total. The fraction of sp³-hybridized carbons (Fsp3) is 0.591. The number of nitrogens with two attached hydrogens (primary N) is 1. The molecule has 2 atom stereocenters. The van der Waals surface area contributed by atoms with Crippen molar-refractivity contribution in [3.05, 3.63) is 0 Å². The molecule has 0 aromatic rings. The average Bonchev–Trinajstić information content (AvgIpc) is 2.95. The Morgan fingerprint density at radius 2 is 1.00 bits per heavy atom. The molecule has 43 heavy (non-hydrogen) atoms. The van der Waals surface area contributed by atoms with Crippen molar-refractivity contribution < 1.29 is 78.4 Å². The molecule has 0 aliphatic rings. The minimum atomic E-state index is -1.24. The van der Waals surface area contributed by atoms with Crippen molar-refractivity contribution in [2.24, 2.45) is 5.84 Å². The summed E-state index contributed by atoms with van der Waals surface area (Å²) in [5.41, 5.74) is 2.13. The van der Waals surface area contributed by atoms with Crippen molar-refractivity contribution in [2.45, 2.75) is 37.8 Å². The molecule has 21 heteroatoms. The average molecular weight is 731 g/mol. The Morgan fingerprint density at radius 3 is 1.47 bits per heavy atom. The van der Waals surface area contributed by atoms with Crippen molar-refractivity contribution in [3.8, 4) is 0 Å². The van der Waals surface area contributed by atoms with E-state index in [-0.39, 0.29) is 36.0 Å². The first-order valence-corrected chi connectivity index (χ1v) is 15.0. The number of hydrogen-bond acceptors (Lipinski definition) is 13. The van der Waals surface area contributed by atoms with Gasteiger partial charge in [-0.1, -0.05) is 0 Å². The summed E-state index contributed by atoms with van der Waals surface area (Å²) in [6.07, 6.45) is -1.17. The van der Waals surface area contributed by atoms with E-state index in [4.69, 9.17) is 19.5 Å². The number of rotatable bonds is 24. The van der Waals surface area contributed by atoms with Crippen molar-refractivity contribution >= 4 is 53.0 Å². The van der Waals surface area contributed by atoms with Crippen LogP contribution >= 0.6 is 0 Å². The third-order valence-corrected chi connectivity index (χ3v) is 6.33. The van der Waals surface area contributed by atoms with Crippen molar-refractivity contribution in [2.75, 3.05) is 43.7 Å². The Balaban J connectivity index is 4.59. The fourth-order valence-electron chi connectivity index (χ4n) is 2.91. The van der Waals surface area contributed by atoms with Crippen LogP contribution in [-0.2, 0) is 43.2 Å². The van der Waals surface area contributed by atoms with Crippen molar-refractivity contribution in [3.63, 3.8) is 0 Å². The van der Waals surface area contributed by atoms with E-state index in [2.05, 4.69) is 37.3 Å². The van der Waals surface area contributed by atoms with Crippen LogP contribution in [-0.4, -0.2) is 122 Å². The molecule has 0 saturated carbocycles. The van der Waals surface area contributed by atoms with Crippen LogP contribution in [0.4, 0.5) is 0 Å². The Hall–Kier alpha value is -3.80. The number of amides is 5. The molecule has 0 aliphatic heterocycles. The van der Waals surface area contributed by atoms with Gasteiger partial charge in [0.25, 0.3) is 0 Å². The summed E-state index contributed by atoms with van der Waals surface area (Å²) in [6, 6.07) is -2.27. The molecule has 0 bridgehead atoms. The molecule has 0 rings (SSSR count). The molecule has 20 nitrogen and oxygen atoms in total. The normalized spacial score (nSPS) is 11.9. The molecular formula is C22H36IN8O12-. The zero-order valence-corrected chi connectivity index (χ0v) is 25.1. The van der Waals surface area contributed by atoms with E-state index in [1.54, 1.807) is 0 Å². The van der Waals surface area contributed by atoms with Gasteiger partial charge >= 0.3 is 126 Å². The maximum absolute atomic E-state index is 12.5. The van der Waals surface area contributed by atoms with Gasteiger partial charge in [-0.25, -0.2) is 5.43 Å². The number of alkyl halides is 1. The molecule has 0 spiro atoms.